The van der Waals surface area contributed by atoms with Crippen LogP contribution >= 0.6 is 0 Å². The summed E-state index contributed by atoms with van der Waals surface area (Å²) in [6.07, 6.45) is -0.675. The molecule has 1 heterocycles. The first-order chi connectivity index (χ1) is 15.1. The molecule has 0 aromatic heterocycles. The first-order valence-electron chi connectivity index (χ1n) is 10.2. The summed E-state index contributed by atoms with van der Waals surface area (Å²) in [5.41, 5.74) is 2.99. The minimum Gasteiger partial charge on any atom is -0.454 e. The molecule has 0 bridgehead atoms. The predicted octanol–water partition coefficient (Wildman–Crippen LogP) is 4.15. The molecule has 3 aromatic carbocycles. The van der Waals surface area contributed by atoms with Crippen LogP contribution in [0.15, 0.2) is 72.8 Å². The van der Waals surface area contributed by atoms with Crippen molar-refractivity contribution >= 4 is 0 Å². The first-order valence-corrected chi connectivity index (χ1v) is 10.2. The van der Waals surface area contributed by atoms with E-state index in [0.29, 0.717) is 18.9 Å². The highest BCUT2D eigenvalue weighted by Gasteiger charge is 2.22. The normalized spacial score (nSPS) is 14.6. The Morgan fingerprint density at radius 3 is 2.45 bits per heavy atom. The van der Waals surface area contributed by atoms with Crippen LogP contribution in [0.3, 0.4) is 0 Å². The van der Waals surface area contributed by atoms with Crippen molar-refractivity contribution in [2.75, 3.05) is 27.0 Å². The summed E-state index contributed by atoms with van der Waals surface area (Å²) in [6, 6.07) is 22.0. The number of aliphatic hydroxyl groups excluding tert-OH is 1. The van der Waals surface area contributed by atoms with Crippen molar-refractivity contribution in [3.05, 3.63) is 95.3 Å². The molecule has 0 spiro atoms. The number of hydrogen-bond donors (Lipinski definition) is 1. The van der Waals surface area contributed by atoms with Crippen molar-refractivity contribution in [3.63, 3.8) is 0 Å². The number of nitrogens with zero attached hydrogens (tertiary/aromatic N) is 1. The van der Waals surface area contributed by atoms with E-state index in [1.54, 1.807) is 12.1 Å². The van der Waals surface area contributed by atoms with Crippen LogP contribution in [0.2, 0.25) is 0 Å². The van der Waals surface area contributed by atoms with Crippen molar-refractivity contribution in [2.45, 2.75) is 18.8 Å². The fourth-order valence-electron chi connectivity index (χ4n) is 3.82. The van der Waals surface area contributed by atoms with Gasteiger partial charge in [-0.1, -0.05) is 48.5 Å². The lowest BCUT2D eigenvalue weighted by molar-refractivity contribution is 0.00975. The van der Waals surface area contributed by atoms with Crippen LogP contribution in [0, 0.1) is 5.82 Å². The number of ether oxygens (including phenoxy) is 3. The maximum absolute atomic E-state index is 13.4. The molecule has 0 fully saturated rings. The number of likely N-dealkylation sites (N-methyl/N-ethyl adjacent to an activating group) is 1. The minimum absolute atomic E-state index is 0.106. The lowest BCUT2D eigenvalue weighted by Crippen LogP contribution is -2.35. The van der Waals surface area contributed by atoms with E-state index in [9.17, 15) is 9.50 Å². The van der Waals surface area contributed by atoms with Crippen molar-refractivity contribution in [1.82, 2.24) is 4.90 Å². The van der Waals surface area contributed by atoms with E-state index in [2.05, 4.69) is 4.90 Å². The molecule has 1 N–H and O–H groups in total. The van der Waals surface area contributed by atoms with Gasteiger partial charge in [0.25, 0.3) is 0 Å². The molecule has 162 valence electrons. The monoisotopic (exact) mass is 423 g/mol. The fourth-order valence-corrected chi connectivity index (χ4v) is 3.82. The summed E-state index contributed by atoms with van der Waals surface area (Å²) in [4.78, 5) is 2.05. The minimum atomic E-state index is -0.675. The Bertz CT molecular complexity index is 981. The lowest BCUT2D eigenvalue weighted by Gasteiger charge is -2.30. The van der Waals surface area contributed by atoms with Gasteiger partial charge >= 0.3 is 0 Å². The summed E-state index contributed by atoms with van der Waals surface area (Å²) in [7, 11) is 1.95. The standard InChI is InChI=1S/C25H26FNO4/c1-27(25(19-5-3-2-4-6-19)20-8-10-21(26)11-9-20)14-22(28)16-29-15-18-7-12-23-24(13-18)31-17-30-23/h2-13,22,25,28H,14-17H2,1H3/t22-,25+/m1/s1. The molecule has 31 heavy (non-hydrogen) atoms. The average molecular weight is 423 g/mol. The molecule has 1 aliphatic heterocycles. The first kappa shape index (κ1) is 21.3. The van der Waals surface area contributed by atoms with Crippen LogP contribution in [0.1, 0.15) is 22.7 Å². The van der Waals surface area contributed by atoms with Gasteiger partial charge in [-0.25, -0.2) is 4.39 Å². The molecule has 1 aliphatic rings. The van der Waals surface area contributed by atoms with Crippen LogP contribution in [0.25, 0.3) is 0 Å². The largest absolute Gasteiger partial charge is 0.454 e. The molecule has 5 nitrogen and oxygen atoms in total. The molecular formula is C25H26FNO4. The van der Waals surface area contributed by atoms with E-state index >= 15 is 0 Å². The smallest absolute Gasteiger partial charge is 0.231 e. The second-order valence-electron chi connectivity index (χ2n) is 7.66. The zero-order chi connectivity index (χ0) is 21.6. The quantitative estimate of drug-likeness (QED) is 0.560. The second-order valence-corrected chi connectivity index (χ2v) is 7.66. The van der Waals surface area contributed by atoms with E-state index in [-0.39, 0.29) is 25.3 Å². The molecule has 4 rings (SSSR count). The third kappa shape index (κ3) is 5.41. The maximum Gasteiger partial charge on any atom is 0.231 e. The molecule has 3 aromatic rings. The lowest BCUT2D eigenvalue weighted by atomic mass is 9.97. The number of fused-ring (bicyclic) bond motifs is 1. The van der Waals surface area contributed by atoms with Gasteiger partial charge in [-0.15, -0.1) is 0 Å². The van der Waals surface area contributed by atoms with Crippen molar-refractivity contribution < 1.29 is 23.7 Å². The zero-order valence-electron chi connectivity index (χ0n) is 17.4. The van der Waals surface area contributed by atoms with Gasteiger partial charge in [0.1, 0.15) is 5.82 Å². The number of rotatable bonds is 9. The number of aliphatic hydroxyl groups is 1. The number of halogens is 1. The topological polar surface area (TPSA) is 51.2 Å². The van der Waals surface area contributed by atoms with Gasteiger partial charge in [-0.05, 0) is 48.0 Å². The molecule has 0 saturated carbocycles. The van der Waals surface area contributed by atoms with Crippen LogP contribution in [0.5, 0.6) is 11.5 Å². The van der Waals surface area contributed by atoms with Gasteiger partial charge in [0.15, 0.2) is 11.5 Å². The summed E-state index contributed by atoms with van der Waals surface area (Å²) >= 11 is 0. The van der Waals surface area contributed by atoms with Crippen LogP contribution in [-0.2, 0) is 11.3 Å². The third-order valence-electron chi connectivity index (χ3n) is 5.26. The molecule has 0 radical (unpaired) electrons. The van der Waals surface area contributed by atoms with Gasteiger partial charge in [-0.3, -0.25) is 4.90 Å². The Morgan fingerprint density at radius 1 is 0.968 bits per heavy atom. The van der Waals surface area contributed by atoms with Gasteiger partial charge in [0.05, 0.1) is 25.4 Å². The van der Waals surface area contributed by atoms with Gasteiger partial charge in [0, 0.05) is 6.54 Å². The van der Waals surface area contributed by atoms with Gasteiger partial charge in [0.2, 0.25) is 6.79 Å². The van der Waals surface area contributed by atoms with E-state index in [1.165, 1.54) is 12.1 Å². The van der Waals surface area contributed by atoms with Crippen molar-refractivity contribution in [1.29, 1.82) is 0 Å². The third-order valence-corrected chi connectivity index (χ3v) is 5.26. The van der Waals surface area contributed by atoms with Crippen molar-refractivity contribution in [2.24, 2.45) is 0 Å². The Kier molecular flexibility index (Phi) is 6.82. The number of benzene rings is 3. The van der Waals surface area contributed by atoms with E-state index in [0.717, 1.165) is 22.4 Å². The average Bonchev–Trinajstić information content (AvgIpc) is 3.24. The Morgan fingerprint density at radius 2 is 1.68 bits per heavy atom. The highest BCUT2D eigenvalue weighted by Crippen LogP contribution is 2.32. The highest BCUT2D eigenvalue weighted by molar-refractivity contribution is 5.44. The number of hydrogen-bond acceptors (Lipinski definition) is 5. The summed E-state index contributed by atoms with van der Waals surface area (Å²) in [5.74, 6) is 1.18. The van der Waals surface area contributed by atoms with E-state index in [4.69, 9.17) is 14.2 Å². The molecular weight excluding hydrogens is 397 g/mol. The van der Waals surface area contributed by atoms with Gasteiger partial charge < -0.3 is 19.3 Å². The Balaban J connectivity index is 1.36. The predicted molar refractivity (Wildman–Crippen MR) is 116 cm³/mol. The zero-order valence-corrected chi connectivity index (χ0v) is 17.4. The highest BCUT2D eigenvalue weighted by atomic mass is 19.1. The summed E-state index contributed by atoms with van der Waals surface area (Å²) in [6.45, 7) is 1.21. The second kappa shape index (κ2) is 9.92. The maximum atomic E-state index is 13.4. The van der Waals surface area contributed by atoms with Crippen LogP contribution < -0.4 is 9.47 Å². The summed E-state index contributed by atoms with van der Waals surface area (Å²) in [5, 5.41) is 10.6. The van der Waals surface area contributed by atoms with E-state index < -0.39 is 6.10 Å². The summed E-state index contributed by atoms with van der Waals surface area (Å²) < 4.78 is 29.8. The SMILES string of the molecule is CN(C[C@@H](O)COCc1ccc2c(c1)OCO2)[C@@H](c1ccccc1)c1ccc(F)cc1. The van der Waals surface area contributed by atoms with E-state index in [1.807, 2.05) is 55.6 Å². The fraction of sp³-hybridized carbons (Fsp3) is 0.280. The molecule has 0 amide bonds. The Labute approximate surface area is 181 Å². The molecule has 0 unspecified atom stereocenters. The molecule has 0 saturated heterocycles. The Hall–Kier alpha value is -2.93. The molecule has 2 atom stereocenters. The molecule has 0 aliphatic carbocycles. The molecule has 6 heteroatoms. The van der Waals surface area contributed by atoms with Crippen LogP contribution in [-0.4, -0.2) is 43.1 Å². The van der Waals surface area contributed by atoms with Gasteiger partial charge in [-0.2, -0.15) is 0 Å². The van der Waals surface area contributed by atoms with Crippen LogP contribution in [0.4, 0.5) is 4.39 Å². The van der Waals surface area contributed by atoms with Crippen molar-refractivity contribution in [3.8, 4) is 11.5 Å².